The van der Waals surface area contributed by atoms with Gasteiger partial charge in [-0.25, -0.2) is 0 Å². The van der Waals surface area contributed by atoms with E-state index in [0.717, 1.165) is 16.9 Å². The highest BCUT2D eigenvalue weighted by Crippen LogP contribution is 2.24. The Labute approximate surface area is 131 Å². The molecule has 2 rings (SSSR count). The van der Waals surface area contributed by atoms with Crippen molar-refractivity contribution in [2.45, 2.75) is 20.4 Å². The molecule has 4 nitrogen and oxygen atoms in total. The highest BCUT2D eigenvalue weighted by atomic mass is 16.5. The number of amides is 1. The summed E-state index contributed by atoms with van der Waals surface area (Å²) in [7, 11) is 3.21. The molecule has 4 heteroatoms. The summed E-state index contributed by atoms with van der Waals surface area (Å²) in [4.78, 5) is 12.2. The van der Waals surface area contributed by atoms with E-state index < -0.39 is 0 Å². The fraction of sp³-hybridized carbons (Fsp3) is 0.278. The first-order valence-electron chi connectivity index (χ1n) is 7.11. The van der Waals surface area contributed by atoms with Crippen molar-refractivity contribution >= 4 is 5.91 Å². The first-order valence-corrected chi connectivity index (χ1v) is 7.11. The summed E-state index contributed by atoms with van der Waals surface area (Å²) in [5, 5.41) is 2.91. The largest absolute Gasteiger partial charge is 0.497 e. The molecule has 0 saturated heterocycles. The van der Waals surface area contributed by atoms with Crippen LogP contribution in [0.5, 0.6) is 11.5 Å². The zero-order chi connectivity index (χ0) is 16.1. The fourth-order valence-corrected chi connectivity index (χ4v) is 2.16. The van der Waals surface area contributed by atoms with E-state index in [1.54, 1.807) is 20.3 Å². The average Bonchev–Trinajstić information content (AvgIpc) is 2.54. The van der Waals surface area contributed by atoms with Crippen molar-refractivity contribution in [3.05, 3.63) is 58.7 Å². The van der Waals surface area contributed by atoms with Crippen LogP contribution in [0.2, 0.25) is 0 Å². The summed E-state index contributed by atoms with van der Waals surface area (Å²) < 4.78 is 10.5. The van der Waals surface area contributed by atoms with Gasteiger partial charge in [0, 0.05) is 23.7 Å². The number of aryl methyl sites for hydroxylation is 2. The molecule has 0 aliphatic rings. The smallest absolute Gasteiger partial charge is 0.251 e. The van der Waals surface area contributed by atoms with Gasteiger partial charge in [0.25, 0.3) is 5.91 Å². The molecule has 0 aromatic heterocycles. The normalized spacial score (nSPS) is 10.2. The summed E-state index contributed by atoms with van der Waals surface area (Å²) >= 11 is 0. The van der Waals surface area contributed by atoms with Crippen molar-refractivity contribution in [2.24, 2.45) is 0 Å². The van der Waals surface area contributed by atoms with Gasteiger partial charge in [0.2, 0.25) is 0 Å². The summed E-state index contributed by atoms with van der Waals surface area (Å²) in [6.45, 7) is 4.43. The Balaban J connectivity index is 2.09. The van der Waals surface area contributed by atoms with Gasteiger partial charge in [-0.15, -0.1) is 0 Å². The molecule has 2 aromatic carbocycles. The second-order valence-corrected chi connectivity index (χ2v) is 5.16. The van der Waals surface area contributed by atoms with Crippen LogP contribution in [0.15, 0.2) is 36.4 Å². The van der Waals surface area contributed by atoms with Gasteiger partial charge in [-0.1, -0.05) is 6.07 Å². The number of methoxy groups -OCH3 is 2. The number of nitrogens with one attached hydrogen (secondary N) is 1. The Hall–Kier alpha value is -2.49. The summed E-state index contributed by atoms with van der Waals surface area (Å²) in [5.74, 6) is 1.32. The van der Waals surface area contributed by atoms with Crippen molar-refractivity contribution in [1.82, 2.24) is 5.32 Å². The van der Waals surface area contributed by atoms with E-state index >= 15 is 0 Å². The lowest BCUT2D eigenvalue weighted by Crippen LogP contribution is -2.23. The predicted octanol–water partition coefficient (Wildman–Crippen LogP) is 3.25. The van der Waals surface area contributed by atoms with Crippen LogP contribution in [0.4, 0.5) is 0 Å². The average molecular weight is 299 g/mol. The van der Waals surface area contributed by atoms with Crippen LogP contribution in [0.1, 0.15) is 27.0 Å². The first kappa shape index (κ1) is 15.9. The topological polar surface area (TPSA) is 47.6 Å². The zero-order valence-electron chi connectivity index (χ0n) is 13.4. The SMILES string of the molecule is COc1ccc(CNC(=O)c2ccc(C)c(C)c2)c(OC)c1. The van der Waals surface area contributed by atoms with E-state index in [9.17, 15) is 4.79 Å². The maximum absolute atomic E-state index is 12.2. The molecule has 116 valence electrons. The van der Waals surface area contributed by atoms with E-state index in [1.165, 1.54) is 5.56 Å². The van der Waals surface area contributed by atoms with E-state index in [4.69, 9.17) is 9.47 Å². The summed E-state index contributed by atoms with van der Waals surface area (Å²) in [5.41, 5.74) is 3.85. The minimum atomic E-state index is -0.0963. The Bertz CT molecular complexity index is 680. The summed E-state index contributed by atoms with van der Waals surface area (Å²) in [6.07, 6.45) is 0. The van der Waals surface area contributed by atoms with Gasteiger partial charge >= 0.3 is 0 Å². The monoisotopic (exact) mass is 299 g/mol. The van der Waals surface area contributed by atoms with Gasteiger partial charge in [0.15, 0.2) is 0 Å². The fourth-order valence-electron chi connectivity index (χ4n) is 2.16. The maximum atomic E-state index is 12.2. The van der Waals surface area contributed by atoms with Crippen LogP contribution in [-0.2, 0) is 6.54 Å². The number of ether oxygens (including phenoxy) is 2. The Morgan fingerprint density at radius 2 is 1.77 bits per heavy atom. The van der Waals surface area contributed by atoms with Crippen molar-refractivity contribution in [3.8, 4) is 11.5 Å². The number of benzene rings is 2. The van der Waals surface area contributed by atoms with E-state index in [1.807, 2.05) is 44.2 Å². The summed E-state index contributed by atoms with van der Waals surface area (Å²) in [6, 6.07) is 11.2. The Kier molecular flexibility index (Phi) is 5.04. The number of carbonyl (C=O) groups excluding carboxylic acids is 1. The Morgan fingerprint density at radius 1 is 1.00 bits per heavy atom. The maximum Gasteiger partial charge on any atom is 0.251 e. The molecule has 0 spiro atoms. The molecule has 0 aliphatic heterocycles. The zero-order valence-corrected chi connectivity index (χ0v) is 13.4. The first-order chi connectivity index (χ1) is 10.5. The van der Waals surface area contributed by atoms with Crippen molar-refractivity contribution in [2.75, 3.05) is 14.2 Å². The predicted molar refractivity (Wildman–Crippen MR) is 86.6 cm³/mol. The van der Waals surface area contributed by atoms with Gasteiger partial charge < -0.3 is 14.8 Å². The van der Waals surface area contributed by atoms with Crippen LogP contribution >= 0.6 is 0 Å². The second kappa shape index (κ2) is 6.98. The van der Waals surface area contributed by atoms with Crippen molar-refractivity contribution in [1.29, 1.82) is 0 Å². The molecular weight excluding hydrogens is 278 g/mol. The molecule has 0 fully saturated rings. The van der Waals surface area contributed by atoms with Crippen LogP contribution in [-0.4, -0.2) is 20.1 Å². The molecular formula is C18H21NO3. The van der Waals surface area contributed by atoms with Crippen LogP contribution in [0, 0.1) is 13.8 Å². The molecule has 0 atom stereocenters. The second-order valence-electron chi connectivity index (χ2n) is 5.16. The third-order valence-electron chi connectivity index (χ3n) is 3.70. The van der Waals surface area contributed by atoms with E-state index in [2.05, 4.69) is 5.32 Å². The minimum Gasteiger partial charge on any atom is -0.497 e. The van der Waals surface area contributed by atoms with Gasteiger partial charge in [-0.2, -0.15) is 0 Å². The number of hydrogen-bond donors (Lipinski definition) is 1. The van der Waals surface area contributed by atoms with Crippen LogP contribution < -0.4 is 14.8 Å². The molecule has 1 amide bonds. The lowest BCUT2D eigenvalue weighted by atomic mass is 10.1. The minimum absolute atomic E-state index is 0.0963. The highest BCUT2D eigenvalue weighted by molar-refractivity contribution is 5.94. The molecule has 1 N–H and O–H groups in total. The molecule has 0 aliphatic carbocycles. The van der Waals surface area contributed by atoms with E-state index in [0.29, 0.717) is 17.9 Å². The molecule has 0 heterocycles. The standard InChI is InChI=1S/C18H21NO3/c1-12-5-6-14(9-13(12)2)18(20)19-11-15-7-8-16(21-3)10-17(15)22-4/h5-10H,11H2,1-4H3,(H,19,20). The van der Waals surface area contributed by atoms with Gasteiger partial charge in [0.1, 0.15) is 11.5 Å². The lowest BCUT2D eigenvalue weighted by molar-refractivity contribution is 0.0950. The molecule has 0 radical (unpaired) electrons. The van der Waals surface area contributed by atoms with Crippen molar-refractivity contribution < 1.29 is 14.3 Å². The van der Waals surface area contributed by atoms with Gasteiger partial charge in [-0.05, 0) is 49.2 Å². The highest BCUT2D eigenvalue weighted by Gasteiger charge is 2.09. The molecule has 2 aromatic rings. The Morgan fingerprint density at radius 3 is 2.41 bits per heavy atom. The van der Waals surface area contributed by atoms with Gasteiger partial charge in [-0.3, -0.25) is 4.79 Å². The molecule has 0 saturated carbocycles. The number of carbonyl (C=O) groups is 1. The van der Waals surface area contributed by atoms with Crippen molar-refractivity contribution in [3.63, 3.8) is 0 Å². The van der Waals surface area contributed by atoms with E-state index in [-0.39, 0.29) is 5.91 Å². The third-order valence-corrected chi connectivity index (χ3v) is 3.70. The number of hydrogen-bond acceptors (Lipinski definition) is 3. The van der Waals surface area contributed by atoms with Gasteiger partial charge in [0.05, 0.1) is 14.2 Å². The third kappa shape index (κ3) is 3.58. The molecule has 22 heavy (non-hydrogen) atoms. The quantitative estimate of drug-likeness (QED) is 0.922. The molecule has 0 bridgehead atoms. The number of rotatable bonds is 5. The van der Waals surface area contributed by atoms with Crippen LogP contribution in [0.3, 0.4) is 0 Å². The molecule has 0 unspecified atom stereocenters. The lowest BCUT2D eigenvalue weighted by Gasteiger charge is -2.12. The van der Waals surface area contributed by atoms with Crippen LogP contribution in [0.25, 0.3) is 0 Å².